The minimum Gasteiger partial charge on any atom is -0.491 e. The number of amides is 1. The number of nitrogens with zero attached hydrogens (tertiary/aromatic N) is 5. The van der Waals surface area contributed by atoms with Gasteiger partial charge in [0.15, 0.2) is 11.5 Å². The highest BCUT2D eigenvalue weighted by atomic mass is 32.1. The second kappa shape index (κ2) is 10.8. The van der Waals surface area contributed by atoms with Gasteiger partial charge in [0, 0.05) is 38.1 Å². The van der Waals surface area contributed by atoms with Crippen molar-refractivity contribution in [3.8, 4) is 16.6 Å². The van der Waals surface area contributed by atoms with Gasteiger partial charge >= 0.3 is 6.09 Å². The zero-order valence-corrected chi connectivity index (χ0v) is 21.5. The highest BCUT2D eigenvalue weighted by Gasteiger charge is 2.21. The summed E-state index contributed by atoms with van der Waals surface area (Å²) in [6.07, 6.45) is 0.142. The van der Waals surface area contributed by atoms with Crippen LogP contribution in [0.5, 0.6) is 16.6 Å². The summed E-state index contributed by atoms with van der Waals surface area (Å²) in [6, 6.07) is 3.86. The van der Waals surface area contributed by atoms with Crippen LogP contribution in [0.25, 0.3) is 10.9 Å². The Labute approximate surface area is 212 Å². The monoisotopic (exact) mass is 514 g/mol. The Kier molecular flexibility index (Phi) is 7.35. The Balaban J connectivity index is 1.41. The molecule has 0 radical (unpaired) electrons. The van der Waals surface area contributed by atoms with Crippen molar-refractivity contribution in [2.45, 2.75) is 26.8 Å². The molecular weight excluding hydrogens is 484 g/mol. The molecule has 36 heavy (non-hydrogen) atoms. The van der Waals surface area contributed by atoms with Crippen molar-refractivity contribution >= 4 is 34.2 Å². The average Bonchev–Trinajstić information content (AvgIpc) is 3.48. The maximum atomic E-state index is 12.7. The topological polar surface area (TPSA) is 112 Å². The maximum absolute atomic E-state index is 12.7. The van der Waals surface area contributed by atoms with Gasteiger partial charge in [-0.15, -0.1) is 4.99 Å². The van der Waals surface area contributed by atoms with Crippen molar-refractivity contribution in [2.75, 3.05) is 58.4 Å². The van der Waals surface area contributed by atoms with E-state index in [1.807, 2.05) is 23.6 Å². The number of benzene rings is 1. The van der Waals surface area contributed by atoms with Gasteiger partial charge in [0.2, 0.25) is 10.7 Å². The number of carbonyl (C=O) groups excluding carboxylic acids is 1. The summed E-state index contributed by atoms with van der Waals surface area (Å²) >= 11 is 1.31. The Morgan fingerprint density at radius 1 is 1.22 bits per heavy atom. The predicted octanol–water partition coefficient (Wildman–Crippen LogP) is 2.74. The van der Waals surface area contributed by atoms with Crippen LogP contribution in [-0.4, -0.2) is 78.6 Å². The van der Waals surface area contributed by atoms with Crippen LogP contribution in [0.1, 0.15) is 17.1 Å². The lowest BCUT2D eigenvalue weighted by molar-refractivity contribution is 0.0357. The molecule has 0 unspecified atom stereocenters. The van der Waals surface area contributed by atoms with E-state index < -0.39 is 6.09 Å². The number of nitrogens with one attached hydrogen (secondary N) is 1. The molecule has 2 aliphatic heterocycles. The van der Waals surface area contributed by atoms with E-state index in [0.29, 0.717) is 47.5 Å². The van der Waals surface area contributed by atoms with E-state index in [1.54, 1.807) is 14.0 Å². The van der Waals surface area contributed by atoms with Gasteiger partial charge in [0.1, 0.15) is 11.3 Å². The summed E-state index contributed by atoms with van der Waals surface area (Å²) in [5, 5.41) is 5.49. The van der Waals surface area contributed by atoms with Crippen molar-refractivity contribution in [1.82, 2.24) is 19.4 Å². The highest BCUT2D eigenvalue weighted by molar-refractivity contribution is 7.13. The summed E-state index contributed by atoms with van der Waals surface area (Å²) in [5.74, 6) is 1.94. The number of anilines is 1. The second-order valence-corrected chi connectivity index (χ2v) is 9.74. The summed E-state index contributed by atoms with van der Waals surface area (Å²) < 4.78 is 24.5. The normalized spacial score (nSPS) is 16.1. The van der Waals surface area contributed by atoms with Gasteiger partial charge in [0.05, 0.1) is 37.6 Å². The minimum absolute atomic E-state index is 0.245. The number of hydrogen-bond donors (Lipinski definition) is 1. The molecule has 4 heterocycles. The molecule has 5 rings (SSSR count). The standard InChI is InChI=1S/C24H30N6O5S/c1-15-22(36-16(2)26-15)35-24(31)28-23-27-19-17(21-25-7-9-30(21)23)5-6-18(20(19)32-3)34-12-4-8-29-10-13-33-14-11-29/h5-6,25H,4,7-14H2,1-3H3. The van der Waals surface area contributed by atoms with Gasteiger partial charge in [-0.1, -0.05) is 11.3 Å². The lowest BCUT2D eigenvalue weighted by Crippen LogP contribution is -2.37. The number of aromatic nitrogens is 3. The van der Waals surface area contributed by atoms with Crippen molar-refractivity contribution in [2.24, 2.45) is 4.99 Å². The van der Waals surface area contributed by atoms with E-state index in [4.69, 9.17) is 23.9 Å². The number of methoxy groups -OCH3 is 1. The van der Waals surface area contributed by atoms with Gasteiger partial charge in [-0.05, 0) is 32.4 Å². The molecule has 2 aliphatic rings. The molecule has 0 saturated carbocycles. The van der Waals surface area contributed by atoms with Crippen LogP contribution in [0.3, 0.4) is 0 Å². The summed E-state index contributed by atoms with van der Waals surface area (Å²) in [5.41, 5.74) is 1.47. The van der Waals surface area contributed by atoms with E-state index in [2.05, 4.69) is 20.2 Å². The Morgan fingerprint density at radius 2 is 2.06 bits per heavy atom. The van der Waals surface area contributed by atoms with Gasteiger partial charge in [0.25, 0.3) is 0 Å². The number of fused-ring (bicyclic) bond motifs is 3. The number of morpholine rings is 1. The van der Waals surface area contributed by atoms with Crippen molar-refractivity contribution < 1.29 is 23.7 Å². The van der Waals surface area contributed by atoms with E-state index in [0.717, 1.165) is 55.5 Å². The predicted molar refractivity (Wildman–Crippen MR) is 135 cm³/mol. The molecule has 192 valence electrons. The molecule has 0 bridgehead atoms. The van der Waals surface area contributed by atoms with E-state index >= 15 is 0 Å². The van der Waals surface area contributed by atoms with Crippen LogP contribution < -0.4 is 25.1 Å². The molecule has 1 amide bonds. The third-order valence-corrected chi connectivity index (χ3v) is 7.07. The van der Waals surface area contributed by atoms with Gasteiger partial charge in [-0.2, -0.15) is 0 Å². The van der Waals surface area contributed by atoms with E-state index in [1.165, 1.54) is 11.3 Å². The molecular formula is C24H30N6O5S. The van der Waals surface area contributed by atoms with Crippen LogP contribution in [-0.2, 0) is 11.3 Å². The molecule has 1 aromatic carbocycles. The van der Waals surface area contributed by atoms with Crippen molar-refractivity contribution in [3.05, 3.63) is 28.5 Å². The number of thiazole rings is 1. The molecule has 2 aromatic heterocycles. The molecule has 11 nitrogen and oxygen atoms in total. The molecule has 0 spiro atoms. The lowest BCUT2D eigenvalue weighted by Gasteiger charge is -2.26. The first-order valence-electron chi connectivity index (χ1n) is 12.0. The Bertz CT molecular complexity index is 1330. The van der Waals surface area contributed by atoms with Gasteiger partial charge in [-0.3, -0.25) is 9.47 Å². The van der Waals surface area contributed by atoms with Crippen LogP contribution in [0.2, 0.25) is 0 Å². The molecule has 3 aromatic rings. The zero-order valence-electron chi connectivity index (χ0n) is 20.7. The smallest absolute Gasteiger partial charge is 0.443 e. The number of aryl methyl sites for hydroxylation is 2. The average molecular weight is 515 g/mol. The quantitative estimate of drug-likeness (QED) is 0.476. The zero-order chi connectivity index (χ0) is 25.1. The first-order chi connectivity index (χ1) is 17.5. The Morgan fingerprint density at radius 3 is 2.81 bits per heavy atom. The maximum Gasteiger partial charge on any atom is 0.443 e. The van der Waals surface area contributed by atoms with Crippen molar-refractivity contribution in [1.29, 1.82) is 0 Å². The Hall–Kier alpha value is -3.22. The van der Waals surface area contributed by atoms with Crippen LogP contribution in [0.15, 0.2) is 17.1 Å². The van der Waals surface area contributed by atoms with Crippen LogP contribution in [0.4, 0.5) is 10.6 Å². The molecule has 1 N–H and O–H groups in total. The SMILES string of the molecule is COc1c(OCCCN2CCOCC2)ccc2c3n(c(=NC(=O)Oc4sc(C)nc4C)nc12)CCN3. The second-order valence-electron chi connectivity index (χ2n) is 8.57. The summed E-state index contributed by atoms with van der Waals surface area (Å²) in [7, 11) is 1.59. The number of carbonyl (C=O) groups is 1. The molecule has 0 aliphatic carbocycles. The van der Waals surface area contributed by atoms with E-state index in [9.17, 15) is 4.79 Å². The van der Waals surface area contributed by atoms with Gasteiger partial charge < -0.3 is 24.3 Å². The minimum atomic E-state index is -0.746. The number of ether oxygens (including phenoxy) is 4. The first kappa shape index (κ1) is 24.5. The van der Waals surface area contributed by atoms with Crippen LogP contribution in [0, 0.1) is 13.8 Å². The number of rotatable bonds is 7. The molecule has 1 saturated heterocycles. The third kappa shape index (κ3) is 5.15. The highest BCUT2D eigenvalue weighted by Crippen LogP contribution is 2.37. The third-order valence-electron chi connectivity index (χ3n) is 6.12. The van der Waals surface area contributed by atoms with Crippen molar-refractivity contribution in [3.63, 3.8) is 0 Å². The first-order valence-corrected chi connectivity index (χ1v) is 12.8. The lowest BCUT2D eigenvalue weighted by atomic mass is 10.2. The van der Waals surface area contributed by atoms with E-state index in [-0.39, 0.29) is 5.62 Å². The molecule has 1 fully saturated rings. The molecule has 0 atom stereocenters. The van der Waals surface area contributed by atoms with Gasteiger partial charge in [-0.25, -0.2) is 14.8 Å². The fourth-order valence-electron chi connectivity index (χ4n) is 4.43. The summed E-state index contributed by atoms with van der Waals surface area (Å²) in [4.78, 5) is 28.2. The fourth-order valence-corrected chi connectivity index (χ4v) is 5.19. The summed E-state index contributed by atoms with van der Waals surface area (Å²) in [6.45, 7) is 9.97. The van der Waals surface area contributed by atoms with Crippen LogP contribution >= 0.6 is 11.3 Å². The fraction of sp³-hybridized carbons (Fsp3) is 0.500. The number of hydrogen-bond acceptors (Lipinski definition) is 10. The largest absolute Gasteiger partial charge is 0.491 e. The molecule has 12 heteroatoms.